The number of rotatable bonds is 6. The second kappa shape index (κ2) is 8.57. The van der Waals surface area contributed by atoms with Crippen LogP contribution < -0.4 is 10.1 Å². The zero-order valence-electron chi connectivity index (χ0n) is 12.8. The van der Waals surface area contributed by atoms with Gasteiger partial charge in [0.25, 0.3) is 5.91 Å². The molecule has 2 rings (SSSR count). The predicted octanol–water partition coefficient (Wildman–Crippen LogP) is 3.94. The minimum atomic E-state index is -0.956. The average Bonchev–Trinajstić information content (AvgIpc) is 2.55. The normalized spacial score (nSPS) is 11.5. The van der Waals surface area contributed by atoms with Crippen LogP contribution >= 0.6 is 23.2 Å². The lowest BCUT2D eigenvalue weighted by Gasteiger charge is -2.14. The third-order valence-corrected chi connectivity index (χ3v) is 3.49. The van der Waals surface area contributed by atoms with Crippen LogP contribution in [0.1, 0.15) is 6.92 Å². The molecule has 7 heteroatoms. The van der Waals surface area contributed by atoms with Crippen LogP contribution in [0.3, 0.4) is 0 Å². The molecule has 1 atom stereocenters. The second-order valence-corrected chi connectivity index (χ2v) is 5.69. The molecule has 126 valence electrons. The number of hydrogen-bond acceptors (Lipinski definition) is 4. The number of nitrogens with one attached hydrogen (secondary N) is 1. The lowest BCUT2D eigenvalue weighted by molar-refractivity contribution is -0.155. The van der Waals surface area contributed by atoms with Gasteiger partial charge in [0, 0.05) is 10.7 Å². The molecule has 0 aliphatic carbocycles. The second-order valence-electron chi connectivity index (χ2n) is 4.85. The van der Waals surface area contributed by atoms with Crippen LogP contribution in [-0.4, -0.2) is 24.6 Å². The van der Waals surface area contributed by atoms with E-state index in [1.54, 1.807) is 36.4 Å². The number of hydrogen-bond donors (Lipinski definition) is 1. The molecule has 5 nitrogen and oxygen atoms in total. The number of esters is 1. The molecule has 0 saturated carbocycles. The van der Waals surface area contributed by atoms with Crippen LogP contribution in [0.4, 0.5) is 5.69 Å². The molecule has 0 radical (unpaired) electrons. The fraction of sp³-hybridized carbons (Fsp3) is 0.176. The molecule has 0 saturated heterocycles. The van der Waals surface area contributed by atoms with Crippen molar-refractivity contribution in [2.24, 2.45) is 0 Å². The molecule has 1 N–H and O–H groups in total. The van der Waals surface area contributed by atoms with Crippen molar-refractivity contribution in [1.82, 2.24) is 0 Å². The van der Waals surface area contributed by atoms with Gasteiger partial charge < -0.3 is 14.8 Å². The molecule has 0 aliphatic rings. The van der Waals surface area contributed by atoms with Crippen molar-refractivity contribution in [3.63, 3.8) is 0 Å². The van der Waals surface area contributed by atoms with E-state index in [1.807, 2.05) is 6.07 Å². The maximum Gasteiger partial charge on any atom is 0.344 e. The van der Waals surface area contributed by atoms with Crippen molar-refractivity contribution in [2.45, 2.75) is 13.0 Å². The van der Waals surface area contributed by atoms with Gasteiger partial charge >= 0.3 is 5.97 Å². The van der Waals surface area contributed by atoms with Crippen molar-refractivity contribution < 1.29 is 19.1 Å². The van der Waals surface area contributed by atoms with Crippen LogP contribution in [0.2, 0.25) is 10.0 Å². The maximum absolute atomic E-state index is 11.9. The number of halogens is 2. The molecule has 0 bridgehead atoms. The third-order valence-electron chi connectivity index (χ3n) is 2.96. The minimum absolute atomic E-state index is 0.283. The monoisotopic (exact) mass is 367 g/mol. The number of anilines is 1. The summed E-state index contributed by atoms with van der Waals surface area (Å²) < 4.78 is 10.3. The Hall–Kier alpha value is -2.24. The first-order valence-electron chi connectivity index (χ1n) is 7.09. The van der Waals surface area contributed by atoms with E-state index >= 15 is 0 Å². The Morgan fingerprint density at radius 2 is 1.83 bits per heavy atom. The predicted molar refractivity (Wildman–Crippen MR) is 92.6 cm³/mol. The number of ether oxygens (including phenoxy) is 2. The van der Waals surface area contributed by atoms with E-state index in [0.29, 0.717) is 16.5 Å². The molecule has 0 unspecified atom stereocenters. The highest BCUT2D eigenvalue weighted by atomic mass is 35.5. The van der Waals surface area contributed by atoms with Crippen LogP contribution in [-0.2, 0) is 14.3 Å². The molecule has 0 spiro atoms. The summed E-state index contributed by atoms with van der Waals surface area (Å²) >= 11 is 11.7. The molecule has 0 fully saturated rings. The molecule has 0 heterocycles. The Labute approximate surface area is 149 Å². The quantitative estimate of drug-likeness (QED) is 0.785. The Kier molecular flexibility index (Phi) is 6.46. The van der Waals surface area contributed by atoms with E-state index < -0.39 is 18.0 Å². The summed E-state index contributed by atoms with van der Waals surface area (Å²) in [6, 6.07) is 13.5. The Balaban J connectivity index is 1.81. The summed E-state index contributed by atoms with van der Waals surface area (Å²) in [6.07, 6.45) is -0.956. The molecule has 24 heavy (non-hydrogen) atoms. The van der Waals surface area contributed by atoms with Crippen molar-refractivity contribution in [3.8, 4) is 5.75 Å². The van der Waals surface area contributed by atoms with E-state index in [1.165, 1.54) is 13.0 Å². The Morgan fingerprint density at radius 1 is 1.12 bits per heavy atom. The lowest BCUT2D eigenvalue weighted by Crippen LogP contribution is -2.31. The highest BCUT2D eigenvalue weighted by Crippen LogP contribution is 2.27. The fourth-order valence-corrected chi connectivity index (χ4v) is 2.24. The Morgan fingerprint density at radius 3 is 2.50 bits per heavy atom. The van der Waals surface area contributed by atoms with E-state index in [2.05, 4.69) is 5.32 Å². The topological polar surface area (TPSA) is 64.6 Å². The third kappa shape index (κ3) is 5.44. The number of benzene rings is 2. The highest BCUT2D eigenvalue weighted by Gasteiger charge is 2.18. The molecular weight excluding hydrogens is 353 g/mol. The van der Waals surface area contributed by atoms with Crippen molar-refractivity contribution in [1.29, 1.82) is 0 Å². The Bertz CT molecular complexity index is 722. The molecule has 0 aliphatic heterocycles. The smallest absolute Gasteiger partial charge is 0.344 e. The first-order valence-corrected chi connectivity index (χ1v) is 7.84. The summed E-state index contributed by atoms with van der Waals surface area (Å²) in [4.78, 5) is 23.7. The van der Waals surface area contributed by atoms with Gasteiger partial charge in [0.2, 0.25) is 0 Å². The summed E-state index contributed by atoms with van der Waals surface area (Å²) in [7, 11) is 0. The number of para-hydroxylation sites is 1. The van der Waals surface area contributed by atoms with Gasteiger partial charge in [0.05, 0.1) is 5.02 Å². The summed E-state index contributed by atoms with van der Waals surface area (Å²) in [5, 5.41) is 3.39. The minimum Gasteiger partial charge on any atom is -0.480 e. The van der Waals surface area contributed by atoms with Gasteiger partial charge in [-0.3, -0.25) is 4.79 Å². The van der Waals surface area contributed by atoms with Gasteiger partial charge in [0.15, 0.2) is 12.7 Å². The first-order chi connectivity index (χ1) is 11.5. The standard InChI is InChI=1S/C17H15Cl2NO4/c1-11(17(22)20-13-5-3-2-4-6-13)24-16(21)10-23-15-8-7-12(18)9-14(15)19/h2-9,11H,10H2,1H3,(H,20,22)/t11-/m0/s1. The zero-order chi connectivity index (χ0) is 17.5. The van der Waals surface area contributed by atoms with E-state index in [4.69, 9.17) is 32.7 Å². The summed E-state index contributed by atoms with van der Waals surface area (Å²) in [6.45, 7) is 1.11. The van der Waals surface area contributed by atoms with Crippen LogP contribution in [0.5, 0.6) is 5.75 Å². The zero-order valence-corrected chi connectivity index (χ0v) is 14.3. The van der Waals surface area contributed by atoms with Gasteiger partial charge in [-0.1, -0.05) is 41.4 Å². The number of carbonyl (C=O) groups excluding carboxylic acids is 2. The molecule has 2 aromatic rings. The maximum atomic E-state index is 11.9. The number of amides is 1. The average molecular weight is 368 g/mol. The van der Waals surface area contributed by atoms with Crippen LogP contribution in [0.15, 0.2) is 48.5 Å². The van der Waals surface area contributed by atoms with Gasteiger partial charge in [0.1, 0.15) is 5.75 Å². The van der Waals surface area contributed by atoms with Crippen LogP contribution in [0.25, 0.3) is 0 Å². The van der Waals surface area contributed by atoms with E-state index in [0.717, 1.165) is 0 Å². The molecule has 2 aromatic carbocycles. The van der Waals surface area contributed by atoms with Crippen LogP contribution in [0, 0.1) is 0 Å². The SMILES string of the molecule is C[C@H](OC(=O)COc1ccc(Cl)cc1Cl)C(=O)Nc1ccccc1. The number of carbonyl (C=O) groups is 2. The van der Waals surface area contributed by atoms with Gasteiger partial charge in [-0.2, -0.15) is 0 Å². The highest BCUT2D eigenvalue weighted by molar-refractivity contribution is 6.35. The van der Waals surface area contributed by atoms with Crippen molar-refractivity contribution >= 4 is 40.8 Å². The lowest BCUT2D eigenvalue weighted by atomic mass is 10.3. The van der Waals surface area contributed by atoms with Gasteiger partial charge in [-0.05, 0) is 37.3 Å². The van der Waals surface area contributed by atoms with Gasteiger partial charge in [-0.25, -0.2) is 4.79 Å². The first kappa shape index (κ1) is 18.1. The fourth-order valence-electron chi connectivity index (χ4n) is 1.78. The van der Waals surface area contributed by atoms with Crippen molar-refractivity contribution in [2.75, 3.05) is 11.9 Å². The summed E-state index contributed by atoms with van der Waals surface area (Å²) in [5.41, 5.74) is 0.620. The van der Waals surface area contributed by atoms with Gasteiger partial charge in [-0.15, -0.1) is 0 Å². The molecule has 0 aromatic heterocycles. The van der Waals surface area contributed by atoms with Crippen molar-refractivity contribution in [3.05, 3.63) is 58.6 Å². The van der Waals surface area contributed by atoms with E-state index in [9.17, 15) is 9.59 Å². The van der Waals surface area contributed by atoms with E-state index in [-0.39, 0.29) is 11.6 Å². The molecule has 1 amide bonds. The molecular formula is C17H15Cl2NO4. The largest absolute Gasteiger partial charge is 0.480 e. The summed E-state index contributed by atoms with van der Waals surface area (Å²) in [5.74, 6) is -0.810.